The van der Waals surface area contributed by atoms with Gasteiger partial charge < -0.3 is 14.8 Å². The van der Waals surface area contributed by atoms with Gasteiger partial charge in [-0.1, -0.05) is 0 Å². The van der Waals surface area contributed by atoms with Crippen molar-refractivity contribution >= 4 is 31.9 Å². The zero-order chi connectivity index (χ0) is 17.5. The van der Waals surface area contributed by atoms with E-state index in [0.29, 0.717) is 19.5 Å². The molecule has 0 aliphatic carbocycles. The smallest absolute Gasteiger partial charge is 0.211 e. The predicted octanol–water partition coefficient (Wildman–Crippen LogP) is 1.12. The number of aryl methyl sites for hydroxylation is 1. The molecule has 0 aliphatic heterocycles. The Balaban J connectivity index is 2.40. The Bertz CT molecular complexity index is 627. The van der Waals surface area contributed by atoms with E-state index in [2.05, 4.69) is 41.6 Å². The number of guanidine groups is 1. The van der Waals surface area contributed by atoms with Crippen LogP contribution in [0.15, 0.2) is 21.7 Å². The molecule has 1 rings (SSSR count). The first-order valence-electron chi connectivity index (χ1n) is 7.49. The lowest BCUT2D eigenvalue weighted by Crippen LogP contribution is -2.40. The van der Waals surface area contributed by atoms with Gasteiger partial charge in [0.05, 0.1) is 12.3 Å². The van der Waals surface area contributed by atoms with E-state index >= 15 is 0 Å². The fraction of sp³-hybridized carbons (Fsp3) is 0.643. The summed E-state index contributed by atoms with van der Waals surface area (Å²) in [5.74, 6) is 0.887. The van der Waals surface area contributed by atoms with Crippen LogP contribution in [0.1, 0.15) is 19.0 Å². The van der Waals surface area contributed by atoms with Gasteiger partial charge in [0, 0.05) is 50.6 Å². The summed E-state index contributed by atoms with van der Waals surface area (Å²) in [4.78, 5) is 6.28. The lowest BCUT2D eigenvalue weighted by Gasteiger charge is -2.22. The lowest BCUT2D eigenvalue weighted by molar-refractivity contribution is 0.461. The second-order valence-electron chi connectivity index (χ2n) is 5.24. The minimum atomic E-state index is -3.11. The van der Waals surface area contributed by atoms with Crippen LogP contribution in [-0.4, -0.2) is 56.8 Å². The number of nitrogens with one attached hydrogen (secondary N) is 2. The van der Waals surface area contributed by atoms with Crippen LogP contribution in [0.2, 0.25) is 0 Å². The first-order chi connectivity index (χ1) is 10.8. The Kier molecular flexibility index (Phi) is 8.07. The summed E-state index contributed by atoms with van der Waals surface area (Å²) >= 11 is 3.47. The van der Waals surface area contributed by atoms with Gasteiger partial charge in [-0.15, -0.1) is 0 Å². The van der Waals surface area contributed by atoms with Crippen molar-refractivity contribution in [2.45, 2.75) is 19.9 Å². The number of hydrogen-bond donors (Lipinski definition) is 2. The van der Waals surface area contributed by atoms with Gasteiger partial charge in [0.1, 0.15) is 0 Å². The number of sulfonamides is 1. The highest BCUT2D eigenvalue weighted by Crippen LogP contribution is 2.14. The summed E-state index contributed by atoms with van der Waals surface area (Å²) in [5.41, 5.74) is 1.16. The minimum Gasteiger partial charge on any atom is -0.356 e. The van der Waals surface area contributed by atoms with Crippen LogP contribution >= 0.6 is 15.9 Å². The van der Waals surface area contributed by atoms with E-state index in [1.165, 1.54) is 0 Å². The van der Waals surface area contributed by atoms with E-state index in [-0.39, 0.29) is 5.75 Å². The average molecular weight is 408 g/mol. The molecule has 23 heavy (non-hydrogen) atoms. The largest absolute Gasteiger partial charge is 0.356 e. The first-order valence-corrected chi connectivity index (χ1v) is 9.93. The molecular weight excluding hydrogens is 382 g/mol. The van der Waals surface area contributed by atoms with Gasteiger partial charge in [0.15, 0.2) is 5.96 Å². The zero-order valence-corrected chi connectivity index (χ0v) is 16.5. The molecule has 0 amide bonds. The van der Waals surface area contributed by atoms with Gasteiger partial charge in [0.25, 0.3) is 0 Å². The maximum absolute atomic E-state index is 11.3. The molecule has 2 N–H and O–H groups in total. The first kappa shape index (κ1) is 20.0. The van der Waals surface area contributed by atoms with E-state index in [1.54, 1.807) is 14.0 Å². The molecule has 0 atom stereocenters. The number of aromatic nitrogens is 1. The van der Waals surface area contributed by atoms with Gasteiger partial charge in [-0.3, -0.25) is 4.99 Å². The van der Waals surface area contributed by atoms with Crippen LogP contribution in [0.4, 0.5) is 0 Å². The molecule has 0 unspecified atom stereocenters. The van der Waals surface area contributed by atoms with Crippen molar-refractivity contribution in [3.05, 3.63) is 22.4 Å². The van der Waals surface area contributed by atoms with Crippen molar-refractivity contribution in [2.75, 3.05) is 32.9 Å². The summed E-state index contributed by atoms with van der Waals surface area (Å²) in [6.07, 6.45) is 2.71. The molecule has 0 spiro atoms. The van der Waals surface area contributed by atoms with Crippen molar-refractivity contribution in [3.63, 3.8) is 0 Å². The van der Waals surface area contributed by atoms with Gasteiger partial charge in [0.2, 0.25) is 10.0 Å². The van der Waals surface area contributed by atoms with E-state index < -0.39 is 10.0 Å². The number of halogens is 1. The Morgan fingerprint density at radius 1 is 1.43 bits per heavy atom. The number of rotatable bonds is 8. The van der Waals surface area contributed by atoms with Crippen LogP contribution in [-0.2, 0) is 23.6 Å². The van der Waals surface area contributed by atoms with Crippen LogP contribution in [0.5, 0.6) is 0 Å². The predicted molar refractivity (Wildman–Crippen MR) is 98.0 cm³/mol. The topological polar surface area (TPSA) is 78.7 Å². The van der Waals surface area contributed by atoms with E-state index in [1.807, 2.05) is 25.2 Å². The summed E-state index contributed by atoms with van der Waals surface area (Å²) < 4.78 is 28.3. The highest BCUT2D eigenvalue weighted by atomic mass is 79.9. The quantitative estimate of drug-likeness (QED) is 0.384. The number of hydrogen-bond acceptors (Lipinski definition) is 3. The van der Waals surface area contributed by atoms with Crippen LogP contribution in [0, 0.1) is 0 Å². The molecule has 7 nitrogen and oxygen atoms in total. The molecule has 1 heterocycles. The minimum absolute atomic E-state index is 0.108. The van der Waals surface area contributed by atoms with Crippen molar-refractivity contribution < 1.29 is 8.42 Å². The molecular formula is C14H26BrN5O2S. The average Bonchev–Trinajstić information content (AvgIpc) is 2.80. The van der Waals surface area contributed by atoms with Crippen LogP contribution in [0.3, 0.4) is 0 Å². The van der Waals surface area contributed by atoms with Crippen molar-refractivity contribution in [1.29, 1.82) is 0 Å². The summed E-state index contributed by atoms with van der Waals surface area (Å²) in [6, 6.07) is 2.07. The molecule has 9 heteroatoms. The highest BCUT2D eigenvalue weighted by Gasteiger charge is 2.10. The molecule has 0 aliphatic rings. The number of nitrogens with zero attached hydrogens (tertiary/aromatic N) is 3. The highest BCUT2D eigenvalue weighted by molar-refractivity contribution is 9.10. The van der Waals surface area contributed by atoms with Crippen molar-refractivity contribution in [1.82, 2.24) is 19.5 Å². The molecule has 0 radical (unpaired) electrons. The van der Waals surface area contributed by atoms with Crippen LogP contribution in [0.25, 0.3) is 0 Å². The number of aliphatic imine (C=N–C) groups is 1. The second-order valence-corrected chi connectivity index (χ2v) is 8.25. The molecule has 1 aromatic heterocycles. The fourth-order valence-corrected chi connectivity index (χ4v) is 3.28. The zero-order valence-electron chi connectivity index (χ0n) is 14.1. The van der Waals surface area contributed by atoms with Gasteiger partial charge in [-0.05, 0) is 35.3 Å². The SMILES string of the molecule is CCS(=O)(=O)NCCCNC(=NC)N(C)Cc1cc(Br)cn1C. The van der Waals surface area contributed by atoms with E-state index in [9.17, 15) is 8.42 Å². The third kappa shape index (κ3) is 6.92. The summed E-state index contributed by atoms with van der Waals surface area (Å²) in [7, 11) is 2.60. The maximum atomic E-state index is 11.3. The monoisotopic (exact) mass is 407 g/mol. The maximum Gasteiger partial charge on any atom is 0.211 e. The van der Waals surface area contributed by atoms with Gasteiger partial charge in [-0.25, -0.2) is 13.1 Å². The van der Waals surface area contributed by atoms with Crippen molar-refractivity contribution in [2.24, 2.45) is 12.0 Å². The Morgan fingerprint density at radius 2 is 2.13 bits per heavy atom. The molecule has 0 saturated carbocycles. The molecule has 0 aromatic carbocycles. The summed E-state index contributed by atoms with van der Waals surface area (Å²) in [5, 5.41) is 3.24. The molecule has 132 valence electrons. The van der Waals surface area contributed by atoms with Crippen molar-refractivity contribution in [3.8, 4) is 0 Å². The molecule has 0 fully saturated rings. The summed E-state index contributed by atoms with van der Waals surface area (Å²) in [6.45, 7) is 3.43. The van der Waals surface area contributed by atoms with E-state index in [4.69, 9.17) is 0 Å². The molecule has 0 bridgehead atoms. The van der Waals surface area contributed by atoms with Gasteiger partial charge in [-0.2, -0.15) is 0 Å². The molecule has 1 aromatic rings. The van der Waals surface area contributed by atoms with Gasteiger partial charge >= 0.3 is 0 Å². The third-order valence-electron chi connectivity index (χ3n) is 3.39. The lowest BCUT2D eigenvalue weighted by atomic mass is 10.4. The Labute approximate surface area is 147 Å². The standard InChI is InChI=1S/C14H26BrN5O2S/c1-5-23(21,22)18-8-6-7-17-14(16-2)20(4)11-13-9-12(15)10-19(13)3/h9-10,18H,5-8,11H2,1-4H3,(H,16,17). The Morgan fingerprint density at radius 3 is 2.65 bits per heavy atom. The second kappa shape index (κ2) is 9.29. The third-order valence-corrected chi connectivity index (χ3v) is 5.22. The Hall–Kier alpha value is -1.06. The van der Waals surface area contributed by atoms with Crippen LogP contribution < -0.4 is 10.0 Å². The molecule has 0 saturated heterocycles. The fourth-order valence-electron chi connectivity index (χ4n) is 2.04. The van der Waals surface area contributed by atoms with E-state index in [0.717, 1.165) is 22.7 Å². The normalized spacial score (nSPS) is 12.5.